The van der Waals surface area contributed by atoms with E-state index in [4.69, 9.17) is 16.0 Å². The summed E-state index contributed by atoms with van der Waals surface area (Å²) in [5.41, 5.74) is 2.02. The Labute approximate surface area is 140 Å². The summed E-state index contributed by atoms with van der Waals surface area (Å²) in [6.45, 7) is 5.01. The molecule has 0 saturated heterocycles. The van der Waals surface area contributed by atoms with Crippen LogP contribution in [0.4, 0.5) is 5.69 Å². The van der Waals surface area contributed by atoms with E-state index < -0.39 is 0 Å². The molecule has 1 heterocycles. The topological polar surface area (TPSA) is 42.2 Å². The average Bonchev–Trinajstić information content (AvgIpc) is 2.91. The summed E-state index contributed by atoms with van der Waals surface area (Å²) < 4.78 is 5.83. The highest BCUT2D eigenvalue weighted by Crippen LogP contribution is 2.32. The van der Waals surface area contributed by atoms with Gasteiger partial charge in [0.05, 0.1) is 5.69 Å². The van der Waals surface area contributed by atoms with Crippen molar-refractivity contribution in [1.82, 2.24) is 0 Å². The lowest BCUT2D eigenvalue weighted by Gasteiger charge is -2.09. The summed E-state index contributed by atoms with van der Waals surface area (Å²) in [6, 6.07) is 14.5. The average molecular weight is 328 g/mol. The van der Waals surface area contributed by atoms with Crippen LogP contribution in [0.25, 0.3) is 11.0 Å². The molecular formula is C19H18ClNO2. The zero-order chi connectivity index (χ0) is 16.4. The summed E-state index contributed by atoms with van der Waals surface area (Å²) in [5, 5.41) is 4.88. The summed E-state index contributed by atoms with van der Waals surface area (Å²) in [5.74, 6) is 0.653. The predicted octanol–water partition coefficient (Wildman–Crippen LogP) is 5.39. The molecule has 1 N–H and O–H groups in total. The molecule has 0 aliphatic carbocycles. The van der Waals surface area contributed by atoms with Gasteiger partial charge in [-0.2, -0.15) is 0 Å². The molecule has 2 aromatic carbocycles. The first-order valence-electron chi connectivity index (χ1n) is 7.62. The number of carbonyl (C=O) groups is 1. The van der Waals surface area contributed by atoms with Gasteiger partial charge in [0, 0.05) is 22.5 Å². The van der Waals surface area contributed by atoms with Crippen molar-refractivity contribution in [2.24, 2.45) is 5.92 Å². The molecule has 3 nitrogen and oxygen atoms in total. The lowest BCUT2D eigenvalue weighted by molar-refractivity contribution is 0.101. The molecule has 0 aliphatic heterocycles. The van der Waals surface area contributed by atoms with Gasteiger partial charge in [-0.15, -0.1) is 0 Å². The minimum atomic E-state index is -0.149. The molecule has 0 bridgehead atoms. The van der Waals surface area contributed by atoms with Crippen LogP contribution >= 0.6 is 11.6 Å². The van der Waals surface area contributed by atoms with E-state index in [1.54, 1.807) is 24.3 Å². The Morgan fingerprint density at radius 2 is 1.83 bits per heavy atom. The quantitative estimate of drug-likeness (QED) is 0.639. The summed E-state index contributed by atoms with van der Waals surface area (Å²) in [4.78, 5) is 12.8. The van der Waals surface area contributed by atoms with E-state index >= 15 is 0 Å². The van der Waals surface area contributed by atoms with E-state index in [1.165, 1.54) is 0 Å². The van der Waals surface area contributed by atoms with Crippen molar-refractivity contribution in [3.63, 3.8) is 0 Å². The van der Waals surface area contributed by atoms with Crippen molar-refractivity contribution in [2.45, 2.75) is 13.8 Å². The third kappa shape index (κ3) is 3.25. The molecule has 4 heteroatoms. The summed E-state index contributed by atoms with van der Waals surface area (Å²) in [7, 11) is 0. The fraction of sp³-hybridized carbons (Fsp3) is 0.211. The first-order chi connectivity index (χ1) is 11.1. The van der Waals surface area contributed by atoms with Gasteiger partial charge in [-0.25, -0.2) is 0 Å². The maximum Gasteiger partial charge on any atom is 0.230 e. The fourth-order valence-corrected chi connectivity index (χ4v) is 2.55. The Bertz CT molecular complexity index is 834. The Hall–Kier alpha value is -2.26. The third-order valence-corrected chi connectivity index (χ3v) is 3.85. The van der Waals surface area contributed by atoms with Gasteiger partial charge in [0.1, 0.15) is 5.58 Å². The second-order valence-corrected chi connectivity index (χ2v) is 6.35. The van der Waals surface area contributed by atoms with Gasteiger partial charge in [-0.1, -0.05) is 37.6 Å². The number of benzene rings is 2. The Balaban J connectivity index is 2.06. The van der Waals surface area contributed by atoms with Crippen LogP contribution in [0.5, 0.6) is 0 Å². The van der Waals surface area contributed by atoms with Crippen LogP contribution in [0.3, 0.4) is 0 Å². The molecule has 0 amide bonds. The number of fused-ring (bicyclic) bond motifs is 1. The number of ketones is 1. The van der Waals surface area contributed by atoms with Crippen molar-refractivity contribution < 1.29 is 9.21 Å². The zero-order valence-corrected chi connectivity index (χ0v) is 13.9. The number of furan rings is 1. The second kappa shape index (κ2) is 6.47. The van der Waals surface area contributed by atoms with Gasteiger partial charge in [0.25, 0.3) is 0 Å². The van der Waals surface area contributed by atoms with Crippen LogP contribution in [0.1, 0.15) is 30.0 Å². The molecule has 0 radical (unpaired) electrons. The lowest BCUT2D eigenvalue weighted by Crippen LogP contribution is -2.11. The highest BCUT2D eigenvalue weighted by molar-refractivity contribution is 6.30. The van der Waals surface area contributed by atoms with Gasteiger partial charge in [-0.3, -0.25) is 4.79 Å². The van der Waals surface area contributed by atoms with Crippen LogP contribution < -0.4 is 5.32 Å². The van der Waals surface area contributed by atoms with E-state index in [1.807, 2.05) is 24.3 Å². The Kier molecular flexibility index (Phi) is 4.39. The fourth-order valence-electron chi connectivity index (χ4n) is 2.42. The molecule has 3 aromatic rings. The van der Waals surface area contributed by atoms with E-state index in [0.29, 0.717) is 27.8 Å². The molecule has 0 aliphatic rings. The molecule has 0 saturated carbocycles. The maximum atomic E-state index is 12.8. The lowest BCUT2D eigenvalue weighted by atomic mass is 10.1. The number of para-hydroxylation sites is 1. The Morgan fingerprint density at radius 3 is 2.52 bits per heavy atom. The van der Waals surface area contributed by atoms with Crippen LogP contribution in [-0.2, 0) is 0 Å². The molecule has 0 unspecified atom stereocenters. The van der Waals surface area contributed by atoms with Crippen LogP contribution in [-0.4, -0.2) is 12.3 Å². The van der Waals surface area contributed by atoms with Crippen molar-refractivity contribution in [3.8, 4) is 0 Å². The SMILES string of the molecule is CC(C)CNc1c(C(=O)c2ccc(Cl)cc2)oc2ccccc12. The van der Waals surface area contributed by atoms with E-state index in [9.17, 15) is 4.79 Å². The first kappa shape index (κ1) is 15.6. The maximum absolute atomic E-state index is 12.8. The van der Waals surface area contributed by atoms with E-state index in [-0.39, 0.29) is 5.78 Å². The van der Waals surface area contributed by atoms with Gasteiger partial charge < -0.3 is 9.73 Å². The molecule has 23 heavy (non-hydrogen) atoms. The van der Waals surface area contributed by atoms with Gasteiger partial charge in [0.15, 0.2) is 5.76 Å². The predicted molar refractivity (Wildman–Crippen MR) is 94.4 cm³/mol. The molecule has 0 atom stereocenters. The van der Waals surface area contributed by atoms with Crippen LogP contribution in [0.15, 0.2) is 52.9 Å². The monoisotopic (exact) mass is 327 g/mol. The summed E-state index contributed by atoms with van der Waals surface area (Å²) >= 11 is 5.90. The van der Waals surface area contributed by atoms with E-state index in [0.717, 1.165) is 17.6 Å². The number of carbonyl (C=O) groups excluding carboxylic acids is 1. The molecular weight excluding hydrogens is 310 g/mol. The number of nitrogens with one attached hydrogen (secondary N) is 1. The molecule has 0 fully saturated rings. The van der Waals surface area contributed by atoms with Gasteiger partial charge in [0.2, 0.25) is 5.78 Å². The standard InChI is InChI=1S/C19H18ClNO2/c1-12(2)11-21-17-15-5-3-4-6-16(15)23-19(17)18(22)13-7-9-14(20)10-8-13/h3-10,12,21H,11H2,1-2H3. The van der Waals surface area contributed by atoms with Crippen molar-refractivity contribution in [2.75, 3.05) is 11.9 Å². The molecule has 1 aromatic heterocycles. The third-order valence-electron chi connectivity index (χ3n) is 3.60. The minimum absolute atomic E-state index is 0.149. The smallest absolute Gasteiger partial charge is 0.230 e. The van der Waals surface area contributed by atoms with Gasteiger partial charge in [-0.05, 0) is 42.3 Å². The molecule has 3 rings (SSSR count). The summed E-state index contributed by atoms with van der Waals surface area (Å²) in [6.07, 6.45) is 0. The van der Waals surface area contributed by atoms with Gasteiger partial charge >= 0.3 is 0 Å². The molecule has 118 valence electrons. The van der Waals surface area contributed by atoms with Crippen LogP contribution in [0, 0.1) is 5.92 Å². The van der Waals surface area contributed by atoms with Crippen molar-refractivity contribution >= 4 is 34.0 Å². The van der Waals surface area contributed by atoms with Crippen molar-refractivity contribution in [1.29, 1.82) is 0 Å². The highest BCUT2D eigenvalue weighted by atomic mass is 35.5. The number of anilines is 1. The van der Waals surface area contributed by atoms with Crippen LogP contribution in [0.2, 0.25) is 5.02 Å². The number of hydrogen-bond acceptors (Lipinski definition) is 3. The second-order valence-electron chi connectivity index (χ2n) is 5.91. The first-order valence-corrected chi connectivity index (χ1v) is 7.99. The zero-order valence-electron chi connectivity index (χ0n) is 13.1. The highest BCUT2D eigenvalue weighted by Gasteiger charge is 2.21. The van der Waals surface area contributed by atoms with Crippen molar-refractivity contribution in [3.05, 3.63) is 64.9 Å². The number of halogens is 1. The Morgan fingerprint density at radius 1 is 1.13 bits per heavy atom. The van der Waals surface area contributed by atoms with E-state index in [2.05, 4.69) is 19.2 Å². The number of rotatable bonds is 5. The normalized spacial score (nSPS) is 11.1. The largest absolute Gasteiger partial charge is 0.450 e. The molecule has 0 spiro atoms. The minimum Gasteiger partial charge on any atom is -0.450 e. The number of hydrogen-bond donors (Lipinski definition) is 1.